The number of thiocarbonyl (C=S) groups is 1. The first-order valence-corrected chi connectivity index (χ1v) is 8.36. The molecule has 0 aliphatic carbocycles. The Morgan fingerprint density at radius 2 is 2.14 bits per heavy atom. The first-order valence-electron chi connectivity index (χ1n) is 6.64. The highest BCUT2D eigenvalue weighted by Crippen LogP contribution is 2.16. The number of hydrogen-bond donors (Lipinski definition) is 2. The molecule has 0 saturated heterocycles. The van der Waals surface area contributed by atoms with Gasteiger partial charge >= 0.3 is 0 Å². The Bertz CT molecular complexity index is 637. The predicted molar refractivity (Wildman–Crippen MR) is 89.5 cm³/mol. The SMILES string of the molecule is CCCn1cncc1CS(=O)c1ccc(NC(N)=S)cc1. The molecule has 0 aliphatic rings. The Labute approximate surface area is 132 Å². The van der Waals surface area contributed by atoms with Gasteiger partial charge in [0.05, 0.1) is 28.6 Å². The Kier molecular flexibility index (Phi) is 5.46. The molecule has 0 amide bonds. The second kappa shape index (κ2) is 7.33. The van der Waals surface area contributed by atoms with Crippen molar-refractivity contribution in [3.63, 3.8) is 0 Å². The number of aromatic nitrogens is 2. The monoisotopic (exact) mass is 322 g/mol. The Balaban J connectivity index is 2.06. The van der Waals surface area contributed by atoms with Crippen molar-refractivity contribution in [1.82, 2.24) is 9.55 Å². The Morgan fingerprint density at radius 1 is 1.43 bits per heavy atom. The number of nitrogens with two attached hydrogens (primary N) is 1. The number of imidazole rings is 1. The summed E-state index contributed by atoms with van der Waals surface area (Å²) < 4.78 is 14.4. The molecule has 2 aromatic rings. The summed E-state index contributed by atoms with van der Waals surface area (Å²) >= 11 is 4.77. The molecule has 1 atom stereocenters. The van der Waals surface area contributed by atoms with E-state index in [1.165, 1.54) is 0 Å². The summed E-state index contributed by atoms with van der Waals surface area (Å²) in [5.74, 6) is 0.460. The average Bonchev–Trinajstić information content (AvgIpc) is 2.86. The van der Waals surface area contributed by atoms with Crippen LogP contribution in [0.15, 0.2) is 41.7 Å². The quantitative estimate of drug-likeness (QED) is 0.798. The van der Waals surface area contributed by atoms with Crippen LogP contribution in [0.1, 0.15) is 19.0 Å². The molecule has 1 heterocycles. The van der Waals surface area contributed by atoms with Crippen LogP contribution in [0.4, 0.5) is 5.69 Å². The zero-order valence-electron chi connectivity index (χ0n) is 11.8. The molecular weight excluding hydrogens is 304 g/mol. The summed E-state index contributed by atoms with van der Waals surface area (Å²) in [6, 6.07) is 7.26. The van der Waals surface area contributed by atoms with Gasteiger partial charge in [-0.15, -0.1) is 0 Å². The van der Waals surface area contributed by atoms with Crippen molar-refractivity contribution in [2.75, 3.05) is 5.32 Å². The van der Waals surface area contributed by atoms with Crippen LogP contribution in [-0.4, -0.2) is 18.9 Å². The predicted octanol–water partition coefficient (Wildman–Crippen LogP) is 2.26. The summed E-state index contributed by atoms with van der Waals surface area (Å²) in [5.41, 5.74) is 7.19. The van der Waals surface area contributed by atoms with Crippen LogP contribution in [-0.2, 0) is 23.1 Å². The topological polar surface area (TPSA) is 72.9 Å². The lowest BCUT2D eigenvalue weighted by molar-refractivity contribution is 0.652. The number of anilines is 1. The van der Waals surface area contributed by atoms with Crippen LogP contribution in [0.2, 0.25) is 0 Å². The second-order valence-electron chi connectivity index (χ2n) is 4.58. The molecule has 7 heteroatoms. The van der Waals surface area contributed by atoms with Gasteiger partial charge in [0.25, 0.3) is 0 Å². The van der Waals surface area contributed by atoms with E-state index in [9.17, 15) is 4.21 Å². The van der Waals surface area contributed by atoms with E-state index < -0.39 is 10.8 Å². The van der Waals surface area contributed by atoms with Gasteiger partial charge < -0.3 is 15.6 Å². The molecule has 3 N–H and O–H groups in total. The molecule has 0 saturated carbocycles. The van der Waals surface area contributed by atoms with Crippen molar-refractivity contribution >= 4 is 33.8 Å². The van der Waals surface area contributed by atoms with Crippen LogP contribution < -0.4 is 11.1 Å². The van der Waals surface area contributed by atoms with Crippen molar-refractivity contribution in [3.8, 4) is 0 Å². The zero-order valence-corrected chi connectivity index (χ0v) is 13.4. The van der Waals surface area contributed by atoms with Gasteiger partial charge in [-0.1, -0.05) is 6.92 Å². The van der Waals surface area contributed by atoms with Gasteiger partial charge in [-0.2, -0.15) is 0 Å². The van der Waals surface area contributed by atoms with Gasteiger partial charge in [0.15, 0.2) is 5.11 Å². The largest absolute Gasteiger partial charge is 0.376 e. The lowest BCUT2D eigenvalue weighted by Crippen LogP contribution is -2.18. The number of nitrogens with one attached hydrogen (secondary N) is 1. The minimum absolute atomic E-state index is 0.215. The van der Waals surface area contributed by atoms with E-state index in [0.717, 1.165) is 29.2 Å². The number of aryl methyl sites for hydroxylation is 1. The van der Waals surface area contributed by atoms with Crippen molar-refractivity contribution in [2.24, 2.45) is 5.73 Å². The number of rotatable bonds is 6. The van der Waals surface area contributed by atoms with Crippen LogP contribution in [0.25, 0.3) is 0 Å². The normalized spacial score (nSPS) is 12.0. The molecular formula is C14H18N4OS2. The summed E-state index contributed by atoms with van der Waals surface area (Å²) in [6.45, 7) is 3.00. The zero-order chi connectivity index (χ0) is 15.2. The molecule has 112 valence electrons. The van der Waals surface area contributed by atoms with Crippen molar-refractivity contribution in [1.29, 1.82) is 0 Å². The lowest BCUT2D eigenvalue weighted by Gasteiger charge is -2.08. The first-order chi connectivity index (χ1) is 10.1. The fourth-order valence-electron chi connectivity index (χ4n) is 1.96. The van der Waals surface area contributed by atoms with Crippen LogP contribution in [0.5, 0.6) is 0 Å². The minimum atomic E-state index is -1.10. The van der Waals surface area contributed by atoms with E-state index in [0.29, 0.717) is 5.75 Å². The van der Waals surface area contributed by atoms with Crippen LogP contribution in [0, 0.1) is 0 Å². The summed E-state index contributed by atoms with van der Waals surface area (Å²) in [5, 5.41) is 3.05. The maximum atomic E-state index is 12.4. The van der Waals surface area contributed by atoms with Crippen LogP contribution >= 0.6 is 12.2 Å². The maximum absolute atomic E-state index is 12.4. The van der Waals surface area contributed by atoms with E-state index in [1.807, 2.05) is 28.8 Å². The highest BCUT2D eigenvalue weighted by molar-refractivity contribution is 7.84. The molecule has 0 spiro atoms. The fraction of sp³-hybridized carbons (Fsp3) is 0.286. The third kappa shape index (κ3) is 4.37. The fourth-order valence-corrected chi connectivity index (χ4v) is 3.19. The number of hydrogen-bond acceptors (Lipinski definition) is 3. The first kappa shape index (κ1) is 15.7. The molecule has 1 aromatic carbocycles. The van der Waals surface area contributed by atoms with E-state index in [1.54, 1.807) is 12.5 Å². The van der Waals surface area contributed by atoms with Gasteiger partial charge in [0.2, 0.25) is 0 Å². The van der Waals surface area contributed by atoms with Gasteiger partial charge in [-0.3, -0.25) is 4.21 Å². The third-order valence-corrected chi connectivity index (χ3v) is 4.38. The Hall–Kier alpha value is -1.73. The van der Waals surface area contributed by atoms with Gasteiger partial charge in [0, 0.05) is 23.3 Å². The maximum Gasteiger partial charge on any atom is 0.168 e. The average molecular weight is 322 g/mol. The minimum Gasteiger partial charge on any atom is -0.376 e. The highest BCUT2D eigenvalue weighted by atomic mass is 32.2. The molecule has 2 rings (SSSR count). The molecule has 0 fully saturated rings. The highest BCUT2D eigenvalue weighted by Gasteiger charge is 2.09. The standard InChI is InChI=1S/C14H18N4OS2/c1-2-7-18-10-16-8-12(18)9-21(19)13-5-3-11(4-6-13)17-14(15)20/h3-6,8,10H,2,7,9H2,1H3,(H3,15,17,20). The number of benzene rings is 1. The molecule has 0 radical (unpaired) electrons. The molecule has 21 heavy (non-hydrogen) atoms. The van der Waals surface area contributed by atoms with Crippen molar-refractivity contribution in [3.05, 3.63) is 42.5 Å². The molecule has 0 bridgehead atoms. The van der Waals surface area contributed by atoms with Gasteiger partial charge in [0.1, 0.15) is 0 Å². The molecule has 0 aliphatic heterocycles. The summed E-state index contributed by atoms with van der Waals surface area (Å²) in [6.07, 6.45) is 4.58. The van der Waals surface area contributed by atoms with Crippen LogP contribution in [0.3, 0.4) is 0 Å². The van der Waals surface area contributed by atoms with E-state index in [-0.39, 0.29) is 5.11 Å². The van der Waals surface area contributed by atoms with E-state index >= 15 is 0 Å². The summed E-state index contributed by atoms with van der Waals surface area (Å²) in [4.78, 5) is 4.90. The third-order valence-electron chi connectivity index (χ3n) is 2.93. The lowest BCUT2D eigenvalue weighted by atomic mass is 10.3. The van der Waals surface area contributed by atoms with Crippen molar-refractivity contribution in [2.45, 2.75) is 30.5 Å². The van der Waals surface area contributed by atoms with Crippen molar-refractivity contribution < 1.29 is 4.21 Å². The van der Waals surface area contributed by atoms with Gasteiger partial charge in [-0.05, 0) is 42.9 Å². The molecule has 5 nitrogen and oxygen atoms in total. The smallest absolute Gasteiger partial charge is 0.168 e. The summed E-state index contributed by atoms with van der Waals surface area (Å²) in [7, 11) is -1.10. The van der Waals surface area contributed by atoms with E-state index in [2.05, 4.69) is 17.2 Å². The molecule has 1 unspecified atom stereocenters. The molecule has 1 aromatic heterocycles. The second-order valence-corrected chi connectivity index (χ2v) is 6.47. The Morgan fingerprint density at radius 3 is 2.76 bits per heavy atom. The van der Waals surface area contributed by atoms with Gasteiger partial charge in [-0.25, -0.2) is 4.98 Å². The number of nitrogens with zero attached hydrogens (tertiary/aromatic N) is 2. The van der Waals surface area contributed by atoms with E-state index in [4.69, 9.17) is 18.0 Å².